The highest BCUT2D eigenvalue weighted by Gasteiger charge is 1.99. The predicted octanol–water partition coefficient (Wildman–Crippen LogP) is 4.19. The van der Waals surface area contributed by atoms with Crippen LogP contribution in [0.5, 0.6) is 5.75 Å². The SMILES string of the molecule is COc1ccc(CC=CCCNCC(C)C)cc1Br. The van der Waals surface area contributed by atoms with Crippen molar-refractivity contribution in [3.63, 3.8) is 0 Å². The van der Waals surface area contributed by atoms with Crippen LogP contribution in [0, 0.1) is 5.92 Å². The van der Waals surface area contributed by atoms with Gasteiger partial charge >= 0.3 is 0 Å². The van der Waals surface area contributed by atoms with Crippen LogP contribution in [0.4, 0.5) is 0 Å². The highest BCUT2D eigenvalue weighted by atomic mass is 79.9. The number of hydrogen-bond donors (Lipinski definition) is 1. The molecule has 0 atom stereocenters. The lowest BCUT2D eigenvalue weighted by atomic mass is 10.1. The zero-order valence-electron chi connectivity index (χ0n) is 12.1. The van der Waals surface area contributed by atoms with Crippen LogP contribution in [0.15, 0.2) is 34.8 Å². The van der Waals surface area contributed by atoms with E-state index >= 15 is 0 Å². The van der Waals surface area contributed by atoms with Gasteiger partial charge in [-0.15, -0.1) is 0 Å². The number of benzene rings is 1. The molecule has 2 nitrogen and oxygen atoms in total. The second-order valence-corrected chi connectivity index (χ2v) is 5.89. The molecule has 0 aliphatic heterocycles. The van der Waals surface area contributed by atoms with Crippen molar-refractivity contribution in [2.24, 2.45) is 5.92 Å². The second-order valence-electron chi connectivity index (χ2n) is 5.03. The largest absolute Gasteiger partial charge is 0.496 e. The molecule has 0 saturated heterocycles. The molecule has 3 heteroatoms. The first-order chi connectivity index (χ1) is 9.13. The minimum atomic E-state index is 0.723. The molecule has 0 unspecified atom stereocenters. The number of halogens is 1. The third-order valence-corrected chi connectivity index (χ3v) is 3.40. The van der Waals surface area contributed by atoms with Crippen LogP contribution >= 0.6 is 15.9 Å². The molecular formula is C16H24BrNO. The van der Waals surface area contributed by atoms with Crippen molar-refractivity contribution in [1.29, 1.82) is 0 Å². The van der Waals surface area contributed by atoms with Gasteiger partial charge in [0.1, 0.15) is 5.75 Å². The summed E-state index contributed by atoms with van der Waals surface area (Å²) in [5.41, 5.74) is 1.29. The molecule has 19 heavy (non-hydrogen) atoms. The highest BCUT2D eigenvalue weighted by Crippen LogP contribution is 2.25. The van der Waals surface area contributed by atoms with Crippen LogP contribution in [0.2, 0.25) is 0 Å². The van der Waals surface area contributed by atoms with E-state index in [0.717, 1.165) is 42.1 Å². The Labute approximate surface area is 125 Å². The van der Waals surface area contributed by atoms with Crippen LogP contribution in [-0.2, 0) is 6.42 Å². The summed E-state index contributed by atoms with van der Waals surface area (Å²) >= 11 is 3.50. The lowest BCUT2D eigenvalue weighted by Crippen LogP contribution is -2.20. The Bertz CT molecular complexity index is 402. The minimum absolute atomic E-state index is 0.723. The number of methoxy groups -OCH3 is 1. The van der Waals surface area contributed by atoms with E-state index in [9.17, 15) is 0 Å². The molecule has 1 rings (SSSR count). The van der Waals surface area contributed by atoms with Crippen molar-refractivity contribution in [3.8, 4) is 5.75 Å². The summed E-state index contributed by atoms with van der Waals surface area (Å²) in [5, 5.41) is 3.43. The van der Waals surface area contributed by atoms with E-state index in [0.29, 0.717) is 0 Å². The summed E-state index contributed by atoms with van der Waals surface area (Å²) in [4.78, 5) is 0. The Hall–Kier alpha value is -0.800. The van der Waals surface area contributed by atoms with Crippen LogP contribution in [-0.4, -0.2) is 20.2 Å². The van der Waals surface area contributed by atoms with Crippen LogP contribution in [0.1, 0.15) is 25.8 Å². The maximum Gasteiger partial charge on any atom is 0.133 e. The second kappa shape index (κ2) is 9.16. The van der Waals surface area contributed by atoms with Crippen LogP contribution < -0.4 is 10.1 Å². The first-order valence-corrected chi connectivity index (χ1v) is 7.61. The maximum absolute atomic E-state index is 5.22. The zero-order chi connectivity index (χ0) is 14.1. The topological polar surface area (TPSA) is 21.3 Å². The zero-order valence-corrected chi connectivity index (χ0v) is 13.7. The third kappa shape index (κ3) is 6.79. The number of nitrogens with one attached hydrogen (secondary N) is 1. The van der Waals surface area contributed by atoms with Gasteiger partial charge in [0.05, 0.1) is 11.6 Å². The van der Waals surface area contributed by atoms with Crippen molar-refractivity contribution in [2.45, 2.75) is 26.7 Å². The van der Waals surface area contributed by atoms with E-state index in [1.807, 2.05) is 6.07 Å². The molecule has 106 valence electrons. The summed E-state index contributed by atoms with van der Waals surface area (Å²) in [6.07, 6.45) is 6.52. The Morgan fingerprint density at radius 2 is 2.11 bits per heavy atom. The van der Waals surface area contributed by atoms with Gasteiger partial charge in [0.15, 0.2) is 0 Å². The Balaban J connectivity index is 2.26. The van der Waals surface area contributed by atoms with Gasteiger partial charge in [0, 0.05) is 0 Å². The third-order valence-electron chi connectivity index (χ3n) is 2.78. The average molecular weight is 326 g/mol. The van der Waals surface area contributed by atoms with Crippen LogP contribution in [0.25, 0.3) is 0 Å². The number of ether oxygens (including phenoxy) is 1. The van der Waals surface area contributed by atoms with E-state index in [-0.39, 0.29) is 0 Å². The molecule has 0 heterocycles. The van der Waals surface area contributed by atoms with Crippen molar-refractivity contribution in [3.05, 3.63) is 40.4 Å². The lowest BCUT2D eigenvalue weighted by molar-refractivity contribution is 0.412. The summed E-state index contributed by atoms with van der Waals surface area (Å²) in [7, 11) is 1.68. The molecule has 0 saturated carbocycles. The van der Waals surface area contributed by atoms with Crippen molar-refractivity contribution in [2.75, 3.05) is 20.2 Å². The maximum atomic E-state index is 5.22. The van der Waals surface area contributed by atoms with Crippen molar-refractivity contribution in [1.82, 2.24) is 5.32 Å². The van der Waals surface area contributed by atoms with Crippen molar-refractivity contribution < 1.29 is 4.74 Å². The number of rotatable bonds is 8. The van der Waals surface area contributed by atoms with E-state index in [1.54, 1.807) is 7.11 Å². The fraction of sp³-hybridized carbons (Fsp3) is 0.500. The van der Waals surface area contributed by atoms with E-state index in [4.69, 9.17) is 4.74 Å². The Kier molecular flexibility index (Phi) is 7.84. The van der Waals surface area contributed by atoms with Gasteiger partial charge in [0.25, 0.3) is 0 Å². The van der Waals surface area contributed by atoms with E-state index in [2.05, 4.69) is 59.4 Å². The monoisotopic (exact) mass is 325 g/mol. The summed E-state index contributed by atoms with van der Waals surface area (Å²) in [6.45, 7) is 6.61. The van der Waals surface area contributed by atoms with E-state index < -0.39 is 0 Å². The summed E-state index contributed by atoms with van der Waals surface area (Å²) in [5.74, 6) is 1.60. The fourth-order valence-electron chi connectivity index (χ4n) is 1.75. The average Bonchev–Trinajstić information content (AvgIpc) is 2.37. The summed E-state index contributed by atoms with van der Waals surface area (Å²) < 4.78 is 6.23. The highest BCUT2D eigenvalue weighted by molar-refractivity contribution is 9.10. The minimum Gasteiger partial charge on any atom is -0.496 e. The van der Waals surface area contributed by atoms with E-state index in [1.165, 1.54) is 5.56 Å². The fourth-order valence-corrected chi connectivity index (χ4v) is 2.34. The van der Waals surface area contributed by atoms with Gasteiger partial charge in [-0.3, -0.25) is 0 Å². The summed E-state index contributed by atoms with van der Waals surface area (Å²) in [6, 6.07) is 6.21. The molecule has 0 amide bonds. The molecule has 1 N–H and O–H groups in total. The quantitative estimate of drug-likeness (QED) is 0.571. The van der Waals surface area contributed by atoms with Gasteiger partial charge in [-0.1, -0.05) is 32.1 Å². The van der Waals surface area contributed by atoms with Gasteiger partial charge in [-0.05, 0) is 65.5 Å². The van der Waals surface area contributed by atoms with Gasteiger partial charge < -0.3 is 10.1 Å². The van der Waals surface area contributed by atoms with Crippen LogP contribution in [0.3, 0.4) is 0 Å². The first kappa shape index (κ1) is 16.3. The van der Waals surface area contributed by atoms with Gasteiger partial charge in [0.2, 0.25) is 0 Å². The standard InChI is InChI=1S/C16H24BrNO/c1-13(2)12-18-10-6-4-5-7-14-8-9-16(19-3)15(17)11-14/h4-5,8-9,11,13,18H,6-7,10,12H2,1-3H3. The van der Waals surface area contributed by atoms with Gasteiger partial charge in [-0.25, -0.2) is 0 Å². The molecule has 0 fully saturated rings. The molecule has 0 aliphatic carbocycles. The molecule has 1 aromatic rings. The molecule has 0 radical (unpaired) electrons. The molecule has 0 aliphatic rings. The molecule has 0 bridgehead atoms. The van der Waals surface area contributed by atoms with Gasteiger partial charge in [-0.2, -0.15) is 0 Å². The number of hydrogen-bond acceptors (Lipinski definition) is 2. The molecule has 1 aromatic carbocycles. The smallest absolute Gasteiger partial charge is 0.133 e. The first-order valence-electron chi connectivity index (χ1n) is 6.81. The normalized spacial score (nSPS) is 11.4. The Morgan fingerprint density at radius 1 is 1.32 bits per heavy atom. The van der Waals surface area contributed by atoms with Crippen molar-refractivity contribution >= 4 is 15.9 Å². The number of allylic oxidation sites excluding steroid dienone is 1. The lowest BCUT2D eigenvalue weighted by Gasteiger charge is -2.05. The predicted molar refractivity (Wildman–Crippen MR) is 85.9 cm³/mol. The molecule has 0 aromatic heterocycles. The Morgan fingerprint density at radius 3 is 2.74 bits per heavy atom. The molecular weight excluding hydrogens is 302 g/mol. The molecule has 0 spiro atoms.